The van der Waals surface area contributed by atoms with Gasteiger partial charge in [-0.25, -0.2) is 0 Å². The van der Waals surface area contributed by atoms with Crippen LogP contribution in [-0.4, -0.2) is 114 Å². The highest BCUT2D eigenvalue weighted by Crippen LogP contribution is 2.53. The summed E-state index contributed by atoms with van der Waals surface area (Å²) in [4.78, 5) is 58.0. The van der Waals surface area contributed by atoms with Gasteiger partial charge in [0.15, 0.2) is 17.2 Å². The third-order valence-corrected chi connectivity index (χ3v) is 8.49. The summed E-state index contributed by atoms with van der Waals surface area (Å²) in [6, 6.07) is 0.498. The number of rotatable bonds is 8. The number of phenols is 1. The first-order valence-electron chi connectivity index (χ1n) is 13.4. The average Bonchev–Trinajstić information content (AvgIpc) is 2.85. The van der Waals surface area contributed by atoms with Crippen molar-refractivity contribution in [1.29, 1.82) is 0 Å². The zero-order chi connectivity index (χ0) is 30.7. The van der Waals surface area contributed by atoms with Gasteiger partial charge in [-0.05, 0) is 71.5 Å². The van der Waals surface area contributed by atoms with Gasteiger partial charge in [-0.1, -0.05) is 0 Å². The van der Waals surface area contributed by atoms with E-state index < -0.39 is 63.8 Å². The lowest BCUT2D eigenvalue weighted by molar-refractivity contribution is -0.148. The Bertz CT molecular complexity index is 1410. The van der Waals surface area contributed by atoms with Gasteiger partial charge >= 0.3 is 0 Å². The number of fused-ring (bicyclic) bond motifs is 3. The van der Waals surface area contributed by atoms with E-state index in [0.29, 0.717) is 24.2 Å². The summed E-state index contributed by atoms with van der Waals surface area (Å²) in [6.07, 6.45) is 0.804. The Labute approximate surface area is 238 Å². The lowest BCUT2D eigenvalue weighted by Crippen LogP contribution is -2.63. The minimum absolute atomic E-state index is 0.00932. The van der Waals surface area contributed by atoms with Crippen molar-refractivity contribution >= 4 is 28.9 Å². The number of anilines is 1. The molecule has 3 aliphatic rings. The number of carbonyl (C=O) groups is 4. The number of amides is 1. The molecule has 12 nitrogen and oxygen atoms in total. The molecule has 0 aliphatic heterocycles. The van der Waals surface area contributed by atoms with Crippen molar-refractivity contribution in [3.63, 3.8) is 0 Å². The van der Waals surface area contributed by atoms with E-state index in [1.807, 2.05) is 19.0 Å². The van der Waals surface area contributed by atoms with Gasteiger partial charge in [0.25, 0.3) is 5.91 Å². The maximum atomic E-state index is 14.1. The van der Waals surface area contributed by atoms with Gasteiger partial charge in [-0.3, -0.25) is 24.1 Å². The Hall–Kier alpha value is -3.74. The second-order valence-corrected chi connectivity index (χ2v) is 11.8. The van der Waals surface area contributed by atoms with Crippen molar-refractivity contribution in [3.8, 4) is 5.75 Å². The minimum atomic E-state index is -2.72. The number of aliphatic hydroxyl groups excluding tert-OH is 2. The molecular weight excluding hydrogens is 532 g/mol. The van der Waals surface area contributed by atoms with Crippen LogP contribution in [0.4, 0.5) is 5.69 Å². The van der Waals surface area contributed by atoms with E-state index >= 15 is 0 Å². The van der Waals surface area contributed by atoms with Crippen LogP contribution in [0, 0.1) is 11.8 Å². The summed E-state index contributed by atoms with van der Waals surface area (Å²) in [5, 5.41) is 45.4. The number of ketones is 3. The van der Waals surface area contributed by atoms with Crippen LogP contribution in [0.5, 0.6) is 5.75 Å². The molecule has 0 aromatic heterocycles. The van der Waals surface area contributed by atoms with Crippen LogP contribution in [0.15, 0.2) is 28.7 Å². The van der Waals surface area contributed by atoms with E-state index in [4.69, 9.17) is 5.73 Å². The Morgan fingerprint density at radius 1 is 1.07 bits per heavy atom. The average molecular weight is 571 g/mol. The van der Waals surface area contributed by atoms with Crippen molar-refractivity contribution in [3.05, 3.63) is 45.4 Å². The molecule has 12 heteroatoms. The summed E-state index contributed by atoms with van der Waals surface area (Å²) in [6.45, 7) is 0.651. The Morgan fingerprint density at radius 3 is 2.24 bits per heavy atom. The van der Waals surface area contributed by atoms with Crippen LogP contribution in [0.2, 0.25) is 0 Å². The second kappa shape index (κ2) is 10.6. The minimum Gasteiger partial charge on any atom is -0.510 e. The fourth-order valence-electron chi connectivity index (χ4n) is 6.60. The first kappa shape index (κ1) is 30.2. The number of carbonyl (C=O) groups excluding carboxylic acids is 4. The molecule has 0 spiro atoms. The molecule has 1 amide bonds. The van der Waals surface area contributed by atoms with Gasteiger partial charge in [0, 0.05) is 37.7 Å². The number of likely N-dealkylation sites (N-methyl/N-ethyl adjacent to an activating group) is 1. The molecular formula is C29H38N4O8. The van der Waals surface area contributed by atoms with Crippen molar-refractivity contribution in [2.75, 3.05) is 53.7 Å². The molecule has 0 saturated heterocycles. The van der Waals surface area contributed by atoms with Gasteiger partial charge < -0.3 is 36.0 Å². The van der Waals surface area contributed by atoms with Gasteiger partial charge in [0.1, 0.15) is 22.8 Å². The monoisotopic (exact) mass is 570 g/mol. The first-order valence-corrected chi connectivity index (χ1v) is 13.4. The number of aromatic hydroxyl groups is 1. The van der Waals surface area contributed by atoms with E-state index in [1.54, 1.807) is 39.2 Å². The highest BCUT2D eigenvalue weighted by molar-refractivity contribution is 6.25. The summed E-state index contributed by atoms with van der Waals surface area (Å²) >= 11 is 0. The third kappa shape index (κ3) is 4.59. The normalized spacial score (nSPS) is 25.8. The molecule has 1 aromatic rings. The highest BCUT2D eigenvalue weighted by Gasteiger charge is 2.63. The predicted octanol–water partition coefficient (Wildman–Crippen LogP) is 0.711. The van der Waals surface area contributed by atoms with Gasteiger partial charge in [0.05, 0.1) is 17.2 Å². The lowest BCUT2D eigenvalue weighted by Gasteiger charge is -2.50. The largest absolute Gasteiger partial charge is 0.510 e. The smallest absolute Gasteiger partial charge is 0.255 e. The van der Waals surface area contributed by atoms with Crippen LogP contribution in [0.3, 0.4) is 0 Å². The molecule has 41 heavy (non-hydrogen) atoms. The molecule has 0 bridgehead atoms. The van der Waals surface area contributed by atoms with E-state index in [1.165, 1.54) is 4.90 Å². The Balaban J connectivity index is 1.90. The van der Waals surface area contributed by atoms with Gasteiger partial charge in [-0.2, -0.15) is 0 Å². The maximum Gasteiger partial charge on any atom is 0.255 e. The molecule has 0 fully saturated rings. The quantitative estimate of drug-likeness (QED) is 0.219. The summed E-state index contributed by atoms with van der Waals surface area (Å²) in [5.41, 5.74) is 2.35. The van der Waals surface area contributed by atoms with Crippen molar-refractivity contribution < 1.29 is 39.6 Å². The number of primary amides is 1. The predicted molar refractivity (Wildman–Crippen MR) is 150 cm³/mol. The molecule has 0 radical (unpaired) electrons. The number of hydrogen-bond donors (Lipinski definition) is 5. The molecule has 6 N–H and O–H groups in total. The van der Waals surface area contributed by atoms with Crippen LogP contribution in [0.1, 0.15) is 45.5 Å². The molecule has 222 valence electrons. The summed E-state index contributed by atoms with van der Waals surface area (Å²) in [7, 11) is 10.4. The first-order chi connectivity index (χ1) is 19.0. The van der Waals surface area contributed by atoms with E-state index in [9.17, 15) is 39.6 Å². The number of benzene rings is 1. The Morgan fingerprint density at radius 2 is 1.71 bits per heavy atom. The summed E-state index contributed by atoms with van der Waals surface area (Å²) in [5.74, 6) is -7.63. The number of allylic oxidation sites excluding steroid dienone is 1. The van der Waals surface area contributed by atoms with Crippen molar-refractivity contribution in [2.24, 2.45) is 17.6 Å². The number of aliphatic hydroxyl groups is 3. The summed E-state index contributed by atoms with van der Waals surface area (Å²) < 4.78 is 0. The van der Waals surface area contributed by atoms with Gasteiger partial charge in [-0.15, -0.1) is 0 Å². The lowest BCUT2D eigenvalue weighted by atomic mass is 9.58. The molecule has 4 rings (SSSR count). The van der Waals surface area contributed by atoms with Gasteiger partial charge in [0.2, 0.25) is 5.78 Å². The van der Waals surface area contributed by atoms with Crippen LogP contribution in [-0.2, 0) is 16.0 Å². The fraction of sp³-hybridized carbons (Fsp3) is 0.517. The van der Waals surface area contributed by atoms with Crippen molar-refractivity contribution in [2.45, 2.75) is 37.3 Å². The van der Waals surface area contributed by atoms with Crippen LogP contribution >= 0.6 is 0 Å². The second-order valence-electron chi connectivity index (χ2n) is 11.8. The molecule has 2 unspecified atom stereocenters. The van der Waals surface area contributed by atoms with E-state index in [2.05, 4.69) is 0 Å². The fourth-order valence-corrected chi connectivity index (χ4v) is 6.60. The molecule has 4 atom stereocenters. The number of Topliss-reactive ketones (excluding diaryl/α,β-unsaturated/α-hetero) is 3. The molecule has 0 saturated carbocycles. The Kier molecular flexibility index (Phi) is 7.80. The van der Waals surface area contributed by atoms with E-state index in [0.717, 1.165) is 0 Å². The van der Waals surface area contributed by atoms with Crippen LogP contribution < -0.4 is 10.6 Å². The van der Waals surface area contributed by atoms with Crippen molar-refractivity contribution in [1.82, 2.24) is 9.80 Å². The topological polar surface area (TPSA) is 185 Å². The number of nitrogens with zero attached hydrogens (tertiary/aromatic N) is 3. The highest BCUT2D eigenvalue weighted by atomic mass is 16.3. The zero-order valence-corrected chi connectivity index (χ0v) is 24.2. The zero-order valence-electron chi connectivity index (χ0n) is 24.2. The standard InChI is InChI=1S/C29H38N4O8/c1-31(2)9-7-8-18(34)15-12-17(32(3)4)14-10-13-11-16-22(33(5)6)25(37)21(28(30)40)27(39)29(16,41)26(38)19(13)24(36)20(14)23(15)35/h12-13,16,22,35,37-38,41H,7-11H2,1-6H3,(H2,30,40)/t13?,16?,22-,29-/m0/s1. The number of nitrogens with two attached hydrogens (primary N) is 1. The maximum absolute atomic E-state index is 14.1. The SMILES string of the molecule is CN(C)CCCC(=O)c1cc(N(C)C)c2c(c1O)C(=O)C1=C(O)[C@]3(O)C(=O)C(C(N)=O)=C(O)[C@@H](N(C)C)C3CC1C2. The number of phenolic OH excluding ortho intramolecular Hbond substituents is 1. The molecule has 3 aliphatic carbocycles. The van der Waals surface area contributed by atoms with E-state index in [-0.39, 0.29) is 41.7 Å². The van der Waals surface area contributed by atoms with Crippen LogP contribution in [0.25, 0.3) is 0 Å². The number of hydrogen-bond acceptors (Lipinski definition) is 11. The molecule has 0 heterocycles. The third-order valence-electron chi connectivity index (χ3n) is 8.49. The molecule has 1 aromatic carbocycles.